The lowest BCUT2D eigenvalue weighted by atomic mass is 10.0. The Kier molecular flexibility index (Phi) is 5.74. The summed E-state index contributed by atoms with van der Waals surface area (Å²) in [4.78, 5) is 11.2. The molecule has 0 unspecified atom stereocenters. The van der Waals surface area contributed by atoms with E-state index in [1.807, 2.05) is 0 Å². The highest BCUT2D eigenvalue weighted by molar-refractivity contribution is 5.75. The number of ether oxygens (including phenoxy) is 2. The number of carbonyl (C=O) groups excluding carboxylic acids is 1. The molecular formula is C18H12F6N4O5. The van der Waals surface area contributed by atoms with Crippen molar-refractivity contribution in [1.82, 2.24) is 15.0 Å². The first-order valence-corrected chi connectivity index (χ1v) is 8.55. The Labute approximate surface area is 179 Å². The van der Waals surface area contributed by atoms with Crippen molar-refractivity contribution in [2.45, 2.75) is 12.4 Å². The lowest BCUT2D eigenvalue weighted by Crippen LogP contribution is -2.17. The van der Waals surface area contributed by atoms with Gasteiger partial charge in [0.1, 0.15) is 17.1 Å². The first-order chi connectivity index (χ1) is 15.2. The van der Waals surface area contributed by atoms with Crippen molar-refractivity contribution in [3.8, 4) is 40.1 Å². The molecule has 1 amide bonds. The largest absolute Gasteiger partial charge is 0.506 e. The fraction of sp³-hybridized carbons (Fsp3) is 0.167. The van der Waals surface area contributed by atoms with Gasteiger partial charge >= 0.3 is 18.4 Å². The van der Waals surface area contributed by atoms with Gasteiger partial charge in [0.15, 0.2) is 11.5 Å². The SMILES string of the molecule is COc1cc(-n2nnc(OC(N)=O)c2-c2cc(C(F)(F)F)cc(C(F)(F)F)c2)c(O)cc1O. The van der Waals surface area contributed by atoms with Gasteiger partial charge in [0.2, 0.25) is 0 Å². The van der Waals surface area contributed by atoms with Crippen LogP contribution in [0.15, 0.2) is 30.3 Å². The Bertz CT molecular complexity index is 1190. The maximum atomic E-state index is 13.3. The molecule has 0 spiro atoms. The van der Waals surface area contributed by atoms with Gasteiger partial charge in [-0.2, -0.15) is 26.3 Å². The van der Waals surface area contributed by atoms with E-state index in [0.29, 0.717) is 16.8 Å². The smallest absolute Gasteiger partial charge is 0.416 e. The highest BCUT2D eigenvalue weighted by atomic mass is 19.4. The summed E-state index contributed by atoms with van der Waals surface area (Å²) in [5, 5.41) is 26.9. The molecule has 0 aliphatic heterocycles. The standard InChI is InChI=1S/C18H12F6N4O5/c1-32-13-5-10(11(29)6-12(13)30)28-14(15(26-27-28)33-16(25)31)7-2-8(17(19,20)21)4-9(3-7)18(22,23)24/h2-6,29-30H,1H3,(H2,25,31). The first kappa shape index (κ1) is 23.5. The zero-order valence-electron chi connectivity index (χ0n) is 16.2. The van der Waals surface area contributed by atoms with Gasteiger partial charge in [-0.15, -0.1) is 0 Å². The molecule has 3 rings (SSSR count). The van der Waals surface area contributed by atoms with Crippen LogP contribution in [0, 0.1) is 0 Å². The molecule has 0 radical (unpaired) electrons. The lowest BCUT2D eigenvalue weighted by molar-refractivity contribution is -0.143. The average molecular weight is 478 g/mol. The number of amides is 1. The number of aromatic hydroxyl groups is 2. The number of hydrogen-bond donors (Lipinski definition) is 3. The van der Waals surface area contributed by atoms with Gasteiger partial charge < -0.3 is 25.4 Å². The van der Waals surface area contributed by atoms with Gasteiger partial charge in [-0.25, -0.2) is 9.48 Å². The molecule has 0 saturated carbocycles. The number of methoxy groups -OCH3 is 1. The van der Waals surface area contributed by atoms with Crippen LogP contribution in [0.1, 0.15) is 11.1 Å². The molecule has 3 aromatic rings. The number of phenolic OH excluding ortho intramolecular Hbond substituents is 2. The molecule has 0 fully saturated rings. The molecule has 1 aromatic heterocycles. The van der Waals surface area contributed by atoms with Gasteiger partial charge in [0.05, 0.1) is 18.2 Å². The van der Waals surface area contributed by atoms with Crippen molar-refractivity contribution < 1.29 is 50.8 Å². The number of carbonyl (C=O) groups is 1. The maximum absolute atomic E-state index is 13.3. The molecule has 15 heteroatoms. The minimum absolute atomic E-state index is 0.104. The Morgan fingerprint density at radius 3 is 2.03 bits per heavy atom. The van der Waals surface area contributed by atoms with Crippen LogP contribution in [0.5, 0.6) is 23.1 Å². The van der Waals surface area contributed by atoms with Crippen molar-refractivity contribution in [3.63, 3.8) is 0 Å². The molecule has 1 heterocycles. The van der Waals surface area contributed by atoms with Crippen LogP contribution in [-0.4, -0.2) is 38.4 Å². The van der Waals surface area contributed by atoms with Gasteiger partial charge in [-0.05, 0) is 18.2 Å². The van der Waals surface area contributed by atoms with Crippen molar-refractivity contribution in [1.29, 1.82) is 0 Å². The van der Waals surface area contributed by atoms with Gasteiger partial charge in [-0.3, -0.25) is 0 Å². The summed E-state index contributed by atoms with van der Waals surface area (Å²) >= 11 is 0. The van der Waals surface area contributed by atoms with Crippen LogP contribution in [0.3, 0.4) is 0 Å². The summed E-state index contributed by atoms with van der Waals surface area (Å²) in [6.45, 7) is 0. The average Bonchev–Trinajstić information content (AvgIpc) is 3.09. The van der Waals surface area contributed by atoms with E-state index < -0.39 is 63.9 Å². The number of benzene rings is 2. The third-order valence-corrected chi connectivity index (χ3v) is 4.20. The number of rotatable bonds is 4. The number of primary amides is 1. The number of phenols is 2. The predicted octanol–water partition coefficient (Wildman–Crippen LogP) is 3.85. The zero-order valence-corrected chi connectivity index (χ0v) is 16.2. The molecule has 33 heavy (non-hydrogen) atoms. The van der Waals surface area contributed by atoms with Crippen LogP contribution >= 0.6 is 0 Å². The predicted molar refractivity (Wildman–Crippen MR) is 96.9 cm³/mol. The second-order valence-corrected chi connectivity index (χ2v) is 6.38. The maximum Gasteiger partial charge on any atom is 0.416 e. The van der Waals surface area contributed by atoms with Crippen molar-refractivity contribution in [3.05, 3.63) is 41.5 Å². The van der Waals surface area contributed by atoms with Crippen molar-refractivity contribution in [2.75, 3.05) is 7.11 Å². The minimum atomic E-state index is -5.18. The molecular weight excluding hydrogens is 466 g/mol. The lowest BCUT2D eigenvalue weighted by Gasteiger charge is -2.16. The molecule has 0 aliphatic carbocycles. The number of aromatic nitrogens is 3. The van der Waals surface area contributed by atoms with E-state index in [-0.39, 0.29) is 11.8 Å². The monoisotopic (exact) mass is 478 g/mol. The van der Waals surface area contributed by atoms with E-state index in [4.69, 9.17) is 10.5 Å². The molecule has 0 bridgehead atoms. The van der Waals surface area contributed by atoms with Gasteiger partial charge in [0.25, 0.3) is 5.88 Å². The Morgan fingerprint density at radius 1 is 0.970 bits per heavy atom. The highest BCUT2D eigenvalue weighted by Crippen LogP contribution is 2.42. The molecule has 9 nitrogen and oxygen atoms in total. The fourth-order valence-electron chi connectivity index (χ4n) is 2.82. The normalized spacial score (nSPS) is 12.0. The topological polar surface area (TPSA) is 133 Å². The summed E-state index contributed by atoms with van der Waals surface area (Å²) < 4.78 is 90.0. The number of halogens is 6. The Morgan fingerprint density at radius 2 is 1.55 bits per heavy atom. The second-order valence-electron chi connectivity index (χ2n) is 6.38. The van der Waals surface area contributed by atoms with Gasteiger partial charge in [0, 0.05) is 17.7 Å². The first-order valence-electron chi connectivity index (χ1n) is 8.55. The van der Waals surface area contributed by atoms with Gasteiger partial charge in [-0.1, -0.05) is 10.3 Å². The summed E-state index contributed by atoms with van der Waals surface area (Å²) in [5.74, 6) is -2.33. The molecule has 0 aliphatic rings. The van der Waals surface area contributed by atoms with E-state index in [1.165, 1.54) is 0 Å². The molecule has 0 atom stereocenters. The van der Waals surface area contributed by atoms with E-state index in [0.717, 1.165) is 19.2 Å². The van der Waals surface area contributed by atoms with Crippen LogP contribution in [0.4, 0.5) is 31.1 Å². The summed E-state index contributed by atoms with van der Waals surface area (Å²) in [7, 11) is 1.14. The molecule has 176 valence electrons. The third kappa shape index (κ3) is 4.70. The highest BCUT2D eigenvalue weighted by Gasteiger charge is 2.38. The summed E-state index contributed by atoms with van der Waals surface area (Å²) in [6, 6.07) is 2.32. The number of hydrogen-bond acceptors (Lipinski definition) is 7. The van der Waals surface area contributed by atoms with E-state index in [2.05, 4.69) is 15.0 Å². The van der Waals surface area contributed by atoms with E-state index in [1.54, 1.807) is 0 Å². The van der Waals surface area contributed by atoms with E-state index in [9.17, 15) is 41.4 Å². The van der Waals surface area contributed by atoms with Crippen molar-refractivity contribution >= 4 is 6.09 Å². The fourth-order valence-corrected chi connectivity index (χ4v) is 2.82. The quantitative estimate of drug-likeness (QED) is 0.485. The number of alkyl halides is 6. The molecule has 4 N–H and O–H groups in total. The van der Waals surface area contributed by atoms with Crippen LogP contribution < -0.4 is 15.2 Å². The van der Waals surface area contributed by atoms with Crippen LogP contribution in [0.25, 0.3) is 16.9 Å². The summed E-state index contributed by atoms with van der Waals surface area (Å²) in [6.07, 6.45) is -11.8. The Hall–Kier alpha value is -4.17. The van der Waals surface area contributed by atoms with Crippen LogP contribution in [-0.2, 0) is 12.4 Å². The number of nitrogens with zero attached hydrogens (tertiary/aromatic N) is 3. The minimum Gasteiger partial charge on any atom is -0.506 e. The van der Waals surface area contributed by atoms with Crippen LogP contribution in [0.2, 0.25) is 0 Å². The Balaban J connectivity index is 2.38. The third-order valence-electron chi connectivity index (χ3n) is 4.20. The molecule has 2 aromatic carbocycles. The number of nitrogens with two attached hydrogens (primary N) is 1. The van der Waals surface area contributed by atoms with E-state index >= 15 is 0 Å². The summed E-state index contributed by atoms with van der Waals surface area (Å²) in [5.41, 5.74) is -0.276. The molecule has 0 saturated heterocycles. The zero-order chi connectivity index (χ0) is 24.7. The van der Waals surface area contributed by atoms with Crippen molar-refractivity contribution in [2.24, 2.45) is 5.73 Å². The second kappa shape index (κ2) is 8.07.